The quantitative estimate of drug-likeness (QED) is 0.714. The summed E-state index contributed by atoms with van der Waals surface area (Å²) < 4.78 is 2.08. The Morgan fingerprint density at radius 3 is 2.66 bits per heavy atom. The minimum absolute atomic E-state index is 0.0783. The molecule has 1 aromatic carbocycles. The average Bonchev–Trinajstić information content (AvgIpc) is 3.28. The number of benzene rings is 1. The highest BCUT2D eigenvalue weighted by Gasteiger charge is 2.46. The molecular weight excluding hydrogens is 380 g/mol. The van der Waals surface area contributed by atoms with Gasteiger partial charge in [-0.25, -0.2) is 9.97 Å². The number of fused-ring (bicyclic) bond motifs is 1. The molecule has 7 heteroatoms. The molecule has 2 N–H and O–H groups in total. The van der Waals surface area contributed by atoms with E-state index >= 15 is 0 Å². The molecule has 5 rings (SSSR count). The normalized spacial score (nSPS) is 20.2. The van der Waals surface area contributed by atoms with E-state index in [9.17, 15) is 0 Å². The van der Waals surface area contributed by atoms with Gasteiger partial charge in [-0.1, -0.05) is 23.9 Å². The van der Waals surface area contributed by atoms with Crippen LogP contribution in [-0.4, -0.2) is 32.8 Å². The number of nitrogens with two attached hydrogens (primary N) is 1. The second-order valence-corrected chi connectivity index (χ2v) is 9.32. The predicted octanol–water partition coefficient (Wildman–Crippen LogP) is 3.74. The first-order valence-corrected chi connectivity index (χ1v) is 11.0. The molecule has 1 fully saturated rings. The summed E-state index contributed by atoms with van der Waals surface area (Å²) in [6.07, 6.45) is 7.76. The standard InChI is InChI=1S/C22H26N6S/c1-15-4-3-5-18(16(15)2)29-20-13-24-19(12-25-20)27-10-7-22(8-11-27)14-28-17(21(22)23)6-9-26-28/h3-6,9,12-13,21H,7-8,10-11,14,23H2,1-2H3/t21-/m1/s1. The number of anilines is 1. The minimum atomic E-state index is 0.0783. The zero-order chi connectivity index (χ0) is 20.0. The van der Waals surface area contributed by atoms with Crippen LogP contribution in [0, 0.1) is 19.3 Å². The number of hydrogen-bond donors (Lipinski definition) is 1. The third kappa shape index (κ3) is 3.22. The van der Waals surface area contributed by atoms with Crippen LogP contribution in [-0.2, 0) is 6.54 Å². The lowest BCUT2D eigenvalue weighted by atomic mass is 9.73. The Hall–Kier alpha value is -2.38. The predicted molar refractivity (Wildman–Crippen MR) is 115 cm³/mol. The van der Waals surface area contributed by atoms with Gasteiger partial charge in [0.1, 0.15) is 10.8 Å². The maximum absolute atomic E-state index is 6.59. The fraction of sp³-hybridized carbons (Fsp3) is 0.409. The molecule has 6 nitrogen and oxygen atoms in total. The largest absolute Gasteiger partial charge is 0.355 e. The Morgan fingerprint density at radius 1 is 1.10 bits per heavy atom. The van der Waals surface area contributed by atoms with Crippen LogP contribution in [0.15, 0.2) is 52.8 Å². The molecule has 0 amide bonds. The Bertz CT molecular complexity index is 1020. The fourth-order valence-corrected chi connectivity index (χ4v) is 5.47. The van der Waals surface area contributed by atoms with Gasteiger partial charge in [0.25, 0.3) is 0 Å². The van der Waals surface area contributed by atoms with Crippen molar-refractivity contribution in [3.8, 4) is 0 Å². The molecule has 0 unspecified atom stereocenters. The summed E-state index contributed by atoms with van der Waals surface area (Å²) in [6.45, 7) is 7.14. The molecule has 2 aromatic heterocycles. The molecule has 1 saturated heterocycles. The van der Waals surface area contributed by atoms with Gasteiger partial charge in [0, 0.05) is 36.1 Å². The highest BCUT2D eigenvalue weighted by molar-refractivity contribution is 7.99. The maximum atomic E-state index is 6.59. The van der Waals surface area contributed by atoms with Gasteiger partial charge in [0.15, 0.2) is 0 Å². The lowest BCUT2D eigenvalue weighted by molar-refractivity contribution is 0.170. The molecule has 0 radical (unpaired) electrons. The van der Waals surface area contributed by atoms with Gasteiger partial charge >= 0.3 is 0 Å². The molecule has 0 aliphatic carbocycles. The van der Waals surface area contributed by atoms with Crippen LogP contribution in [0.4, 0.5) is 5.82 Å². The molecule has 2 aliphatic rings. The molecule has 0 saturated carbocycles. The Labute approximate surface area is 175 Å². The SMILES string of the molecule is Cc1cccc(Sc2cnc(N3CCC4(CC3)Cn3nccc3[C@H]4N)cn2)c1C. The molecule has 2 aliphatic heterocycles. The summed E-state index contributed by atoms with van der Waals surface area (Å²) in [5.41, 5.74) is 10.5. The van der Waals surface area contributed by atoms with Crippen molar-refractivity contribution < 1.29 is 0 Å². The molecule has 3 aromatic rings. The smallest absolute Gasteiger partial charge is 0.147 e. The number of aryl methyl sites for hydroxylation is 1. The van der Waals surface area contributed by atoms with Gasteiger partial charge in [-0.05, 0) is 49.9 Å². The zero-order valence-electron chi connectivity index (χ0n) is 16.9. The number of rotatable bonds is 3. The van der Waals surface area contributed by atoms with E-state index in [0.717, 1.165) is 43.3 Å². The average molecular weight is 407 g/mol. The summed E-state index contributed by atoms with van der Waals surface area (Å²) >= 11 is 1.67. The van der Waals surface area contributed by atoms with Crippen molar-refractivity contribution in [3.05, 3.63) is 59.7 Å². The third-order valence-corrected chi connectivity index (χ3v) is 7.74. The van der Waals surface area contributed by atoms with E-state index in [1.807, 2.05) is 18.6 Å². The van der Waals surface area contributed by atoms with Crippen molar-refractivity contribution in [3.63, 3.8) is 0 Å². The van der Waals surface area contributed by atoms with E-state index in [1.165, 1.54) is 21.7 Å². The van der Waals surface area contributed by atoms with Crippen molar-refractivity contribution in [1.82, 2.24) is 19.7 Å². The third-order valence-electron chi connectivity index (χ3n) is 6.66. The summed E-state index contributed by atoms with van der Waals surface area (Å²) in [6, 6.07) is 8.51. The first-order chi connectivity index (χ1) is 14.1. The van der Waals surface area contributed by atoms with Crippen molar-refractivity contribution >= 4 is 17.6 Å². The van der Waals surface area contributed by atoms with E-state index in [-0.39, 0.29) is 11.5 Å². The highest BCUT2D eigenvalue weighted by atomic mass is 32.2. The molecule has 4 heterocycles. The number of hydrogen-bond acceptors (Lipinski definition) is 6. The van der Waals surface area contributed by atoms with Gasteiger partial charge in [-0.15, -0.1) is 0 Å². The van der Waals surface area contributed by atoms with Crippen LogP contribution >= 0.6 is 11.8 Å². The van der Waals surface area contributed by atoms with Gasteiger partial charge in [0.05, 0.1) is 24.1 Å². The second-order valence-electron chi connectivity index (χ2n) is 8.25. The monoisotopic (exact) mass is 406 g/mol. The van der Waals surface area contributed by atoms with E-state index in [1.54, 1.807) is 11.8 Å². The Balaban J connectivity index is 1.25. The molecule has 1 atom stereocenters. The van der Waals surface area contributed by atoms with E-state index in [0.29, 0.717) is 0 Å². The van der Waals surface area contributed by atoms with Crippen LogP contribution in [0.5, 0.6) is 0 Å². The number of aromatic nitrogens is 4. The minimum Gasteiger partial charge on any atom is -0.355 e. The van der Waals surface area contributed by atoms with E-state index in [2.05, 4.69) is 57.8 Å². The maximum Gasteiger partial charge on any atom is 0.147 e. The molecule has 29 heavy (non-hydrogen) atoms. The number of piperidine rings is 1. The fourth-order valence-electron chi connectivity index (χ4n) is 4.57. The van der Waals surface area contributed by atoms with Crippen LogP contribution in [0.2, 0.25) is 0 Å². The van der Waals surface area contributed by atoms with Crippen LogP contribution < -0.4 is 10.6 Å². The topological polar surface area (TPSA) is 72.9 Å². The highest BCUT2D eigenvalue weighted by Crippen LogP contribution is 2.47. The first-order valence-electron chi connectivity index (χ1n) is 10.1. The van der Waals surface area contributed by atoms with Gasteiger partial charge < -0.3 is 10.6 Å². The molecule has 150 valence electrons. The van der Waals surface area contributed by atoms with Crippen LogP contribution in [0.1, 0.15) is 35.7 Å². The second kappa shape index (κ2) is 7.15. The molecule has 1 spiro atoms. The van der Waals surface area contributed by atoms with E-state index in [4.69, 9.17) is 10.7 Å². The lowest BCUT2D eigenvalue weighted by Gasteiger charge is -2.41. The zero-order valence-corrected chi connectivity index (χ0v) is 17.7. The first kappa shape index (κ1) is 18.6. The summed E-state index contributed by atoms with van der Waals surface area (Å²) in [4.78, 5) is 12.9. The van der Waals surface area contributed by atoms with Gasteiger partial charge in [-0.2, -0.15) is 5.10 Å². The summed E-state index contributed by atoms with van der Waals surface area (Å²) in [5, 5.41) is 5.36. The van der Waals surface area contributed by atoms with Crippen LogP contribution in [0.3, 0.4) is 0 Å². The lowest BCUT2D eigenvalue weighted by Crippen LogP contribution is -2.45. The van der Waals surface area contributed by atoms with Crippen molar-refractivity contribution in [2.24, 2.45) is 11.1 Å². The molecule has 0 bridgehead atoms. The van der Waals surface area contributed by atoms with Crippen molar-refractivity contribution in [2.45, 2.75) is 49.2 Å². The summed E-state index contributed by atoms with van der Waals surface area (Å²) in [5.74, 6) is 0.953. The van der Waals surface area contributed by atoms with Crippen LogP contribution in [0.25, 0.3) is 0 Å². The summed E-state index contributed by atoms with van der Waals surface area (Å²) in [7, 11) is 0. The van der Waals surface area contributed by atoms with Gasteiger partial charge in [0.2, 0.25) is 0 Å². The van der Waals surface area contributed by atoms with Gasteiger partial charge in [-0.3, -0.25) is 4.68 Å². The van der Waals surface area contributed by atoms with Crippen molar-refractivity contribution in [2.75, 3.05) is 18.0 Å². The number of nitrogens with zero attached hydrogens (tertiary/aromatic N) is 5. The Kier molecular flexibility index (Phi) is 4.59. The Morgan fingerprint density at radius 2 is 1.93 bits per heavy atom. The molecular formula is C22H26N6S. The van der Waals surface area contributed by atoms with E-state index < -0.39 is 0 Å². The van der Waals surface area contributed by atoms with Crippen molar-refractivity contribution in [1.29, 1.82) is 0 Å².